The maximum Gasteiger partial charge on any atom is 0.237 e. The summed E-state index contributed by atoms with van der Waals surface area (Å²) in [6.07, 6.45) is 4.00. The average molecular weight is 241 g/mol. The molecular formula is C13H27N3O. The first-order chi connectivity index (χ1) is 8.09. The van der Waals surface area contributed by atoms with Crippen molar-refractivity contribution in [1.82, 2.24) is 10.2 Å². The van der Waals surface area contributed by atoms with Gasteiger partial charge in [0.25, 0.3) is 0 Å². The van der Waals surface area contributed by atoms with Gasteiger partial charge in [-0.1, -0.05) is 20.8 Å². The summed E-state index contributed by atoms with van der Waals surface area (Å²) in [5.41, 5.74) is 5.14. The van der Waals surface area contributed by atoms with Gasteiger partial charge in [-0.25, -0.2) is 0 Å². The van der Waals surface area contributed by atoms with Gasteiger partial charge in [0.15, 0.2) is 0 Å². The Morgan fingerprint density at radius 2 is 2.06 bits per heavy atom. The number of nitrogens with two attached hydrogens (primary N) is 1. The molecule has 0 heterocycles. The molecule has 1 rings (SSSR count). The van der Waals surface area contributed by atoms with E-state index >= 15 is 0 Å². The molecule has 1 amide bonds. The largest absolute Gasteiger partial charge is 0.368 e. The molecule has 0 aromatic carbocycles. The van der Waals surface area contributed by atoms with E-state index in [1.165, 1.54) is 6.42 Å². The zero-order chi connectivity index (χ0) is 12.9. The maximum absolute atomic E-state index is 11.8. The normalized spacial score (nSPS) is 29.5. The number of likely N-dealkylation sites (N-methyl/N-ethyl adjacent to an activating group) is 1. The molecule has 4 heteroatoms. The summed E-state index contributed by atoms with van der Waals surface area (Å²) in [5.74, 6) is -0.184. The molecule has 1 aliphatic rings. The fraction of sp³-hybridized carbons (Fsp3) is 0.923. The van der Waals surface area contributed by atoms with Crippen LogP contribution in [0.3, 0.4) is 0 Å². The monoisotopic (exact) mass is 241 g/mol. The molecule has 3 N–H and O–H groups in total. The molecule has 0 radical (unpaired) electrons. The van der Waals surface area contributed by atoms with Crippen LogP contribution in [0.5, 0.6) is 0 Å². The van der Waals surface area contributed by atoms with Gasteiger partial charge in [-0.15, -0.1) is 0 Å². The minimum Gasteiger partial charge on any atom is -0.368 e. The Balaban J connectivity index is 2.77. The first-order valence-corrected chi connectivity index (χ1v) is 6.88. The third kappa shape index (κ3) is 3.19. The Morgan fingerprint density at radius 3 is 2.53 bits per heavy atom. The molecule has 2 unspecified atom stereocenters. The van der Waals surface area contributed by atoms with Gasteiger partial charge >= 0.3 is 0 Å². The summed E-state index contributed by atoms with van der Waals surface area (Å²) in [4.78, 5) is 14.2. The van der Waals surface area contributed by atoms with Gasteiger partial charge < -0.3 is 16.0 Å². The van der Waals surface area contributed by atoms with Crippen LogP contribution in [0, 0.1) is 0 Å². The van der Waals surface area contributed by atoms with E-state index in [1.54, 1.807) is 0 Å². The lowest BCUT2D eigenvalue weighted by molar-refractivity contribution is -0.126. The van der Waals surface area contributed by atoms with Crippen molar-refractivity contribution < 1.29 is 4.79 Å². The van der Waals surface area contributed by atoms with E-state index in [4.69, 9.17) is 5.73 Å². The van der Waals surface area contributed by atoms with Crippen molar-refractivity contribution >= 4 is 5.91 Å². The van der Waals surface area contributed by atoms with Gasteiger partial charge in [0.2, 0.25) is 5.91 Å². The van der Waals surface area contributed by atoms with Crippen LogP contribution < -0.4 is 11.1 Å². The molecule has 2 atom stereocenters. The van der Waals surface area contributed by atoms with Crippen molar-refractivity contribution in [2.24, 2.45) is 5.73 Å². The fourth-order valence-electron chi connectivity index (χ4n) is 3.11. The zero-order valence-electron chi connectivity index (χ0n) is 11.5. The van der Waals surface area contributed by atoms with Crippen molar-refractivity contribution in [3.63, 3.8) is 0 Å². The first kappa shape index (κ1) is 14.5. The van der Waals surface area contributed by atoms with Crippen molar-refractivity contribution in [3.05, 3.63) is 0 Å². The molecule has 1 saturated carbocycles. The topological polar surface area (TPSA) is 58.4 Å². The molecule has 100 valence electrons. The van der Waals surface area contributed by atoms with E-state index in [0.717, 1.165) is 38.9 Å². The standard InChI is InChI=1S/C13H27N3O/c1-4-15-13(12(14)17)9-7-8-11(10-13)16(5-2)6-3/h11,15H,4-10H2,1-3H3,(H2,14,17). The van der Waals surface area contributed by atoms with Crippen LogP contribution >= 0.6 is 0 Å². The van der Waals surface area contributed by atoms with E-state index < -0.39 is 5.54 Å². The number of primary amides is 1. The van der Waals surface area contributed by atoms with Crippen LogP contribution in [0.4, 0.5) is 0 Å². The van der Waals surface area contributed by atoms with E-state index in [9.17, 15) is 4.79 Å². The number of nitrogens with one attached hydrogen (secondary N) is 1. The van der Waals surface area contributed by atoms with Crippen molar-refractivity contribution in [2.45, 2.75) is 58.0 Å². The summed E-state index contributed by atoms with van der Waals surface area (Å²) >= 11 is 0. The van der Waals surface area contributed by atoms with E-state index in [0.29, 0.717) is 6.04 Å². The Morgan fingerprint density at radius 1 is 1.41 bits per heavy atom. The Bertz CT molecular complexity index is 249. The number of hydrogen-bond acceptors (Lipinski definition) is 3. The number of carbonyl (C=O) groups is 1. The van der Waals surface area contributed by atoms with E-state index in [-0.39, 0.29) is 5.91 Å². The van der Waals surface area contributed by atoms with Crippen LogP contribution in [-0.2, 0) is 4.79 Å². The van der Waals surface area contributed by atoms with Gasteiger partial charge in [0.05, 0.1) is 5.54 Å². The fourth-order valence-corrected chi connectivity index (χ4v) is 3.11. The number of amides is 1. The second-order valence-corrected chi connectivity index (χ2v) is 4.95. The van der Waals surface area contributed by atoms with Crippen molar-refractivity contribution in [2.75, 3.05) is 19.6 Å². The predicted molar refractivity (Wildman–Crippen MR) is 70.8 cm³/mol. The summed E-state index contributed by atoms with van der Waals surface area (Å²) < 4.78 is 0. The van der Waals surface area contributed by atoms with Crippen molar-refractivity contribution in [1.29, 1.82) is 0 Å². The number of hydrogen-bond donors (Lipinski definition) is 2. The van der Waals surface area contributed by atoms with Crippen LogP contribution in [0.1, 0.15) is 46.5 Å². The Hall–Kier alpha value is -0.610. The highest BCUT2D eigenvalue weighted by Crippen LogP contribution is 2.31. The molecule has 4 nitrogen and oxygen atoms in total. The lowest BCUT2D eigenvalue weighted by Crippen LogP contribution is -2.60. The second-order valence-electron chi connectivity index (χ2n) is 4.95. The third-order valence-corrected chi connectivity index (χ3v) is 4.04. The van der Waals surface area contributed by atoms with E-state index in [2.05, 4.69) is 24.1 Å². The van der Waals surface area contributed by atoms with Crippen molar-refractivity contribution in [3.8, 4) is 0 Å². The summed E-state index contributed by atoms with van der Waals surface area (Å²) in [5, 5.41) is 3.33. The summed E-state index contributed by atoms with van der Waals surface area (Å²) in [6, 6.07) is 0.491. The minimum absolute atomic E-state index is 0.184. The van der Waals surface area contributed by atoms with Crippen LogP contribution in [0.15, 0.2) is 0 Å². The molecule has 0 bridgehead atoms. The number of rotatable bonds is 6. The third-order valence-electron chi connectivity index (χ3n) is 4.04. The SMILES string of the molecule is CCNC1(C(N)=O)CCCC(N(CC)CC)C1. The van der Waals surface area contributed by atoms with Crippen LogP contribution in [0.25, 0.3) is 0 Å². The molecule has 0 aromatic rings. The Kier molecular flexibility index (Phi) is 5.40. The smallest absolute Gasteiger partial charge is 0.237 e. The predicted octanol–water partition coefficient (Wildman–Crippen LogP) is 1.10. The first-order valence-electron chi connectivity index (χ1n) is 6.88. The van der Waals surface area contributed by atoms with E-state index in [1.807, 2.05) is 6.92 Å². The summed E-state index contributed by atoms with van der Waals surface area (Å²) in [7, 11) is 0. The highest BCUT2D eigenvalue weighted by atomic mass is 16.1. The number of carbonyl (C=O) groups excluding carboxylic acids is 1. The lowest BCUT2D eigenvalue weighted by atomic mass is 9.77. The average Bonchev–Trinajstić information content (AvgIpc) is 2.31. The molecule has 1 aliphatic carbocycles. The zero-order valence-corrected chi connectivity index (χ0v) is 11.5. The second kappa shape index (κ2) is 6.36. The molecule has 1 fully saturated rings. The summed E-state index contributed by atoms with van der Waals surface area (Å²) in [6.45, 7) is 9.28. The lowest BCUT2D eigenvalue weighted by Gasteiger charge is -2.43. The molecule has 0 saturated heterocycles. The number of nitrogens with zero attached hydrogens (tertiary/aromatic N) is 1. The highest BCUT2D eigenvalue weighted by molar-refractivity contribution is 5.84. The molecule has 0 aromatic heterocycles. The van der Waals surface area contributed by atoms with Gasteiger partial charge in [0.1, 0.15) is 0 Å². The van der Waals surface area contributed by atoms with Crippen LogP contribution in [0.2, 0.25) is 0 Å². The van der Waals surface area contributed by atoms with Gasteiger partial charge in [0, 0.05) is 6.04 Å². The van der Waals surface area contributed by atoms with Crippen LogP contribution in [-0.4, -0.2) is 42.0 Å². The highest BCUT2D eigenvalue weighted by Gasteiger charge is 2.41. The molecule has 0 spiro atoms. The van der Waals surface area contributed by atoms with Gasteiger partial charge in [-0.05, 0) is 45.3 Å². The minimum atomic E-state index is -0.472. The maximum atomic E-state index is 11.8. The quantitative estimate of drug-likeness (QED) is 0.732. The van der Waals surface area contributed by atoms with Gasteiger partial charge in [-0.3, -0.25) is 4.79 Å². The molecule has 17 heavy (non-hydrogen) atoms. The Labute approximate surface area is 105 Å². The van der Waals surface area contributed by atoms with Gasteiger partial charge in [-0.2, -0.15) is 0 Å². The molecular weight excluding hydrogens is 214 g/mol. The molecule has 0 aliphatic heterocycles.